The zero-order valence-electron chi connectivity index (χ0n) is 13.9. The number of nitrogens with one attached hydrogen (secondary N) is 2. The molecule has 6 heteroatoms. The van der Waals surface area contributed by atoms with E-state index in [1.165, 1.54) is 25.7 Å². The third-order valence-corrected chi connectivity index (χ3v) is 4.26. The van der Waals surface area contributed by atoms with E-state index in [4.69, 9.17) is 0 Å². The van der Waals surface area contributed by atoms with Crippen molar-refractivity contribution in [2.24, 2.45) is 10.9 Å². The van der Waals surface area contributed by atoms with Crippen LogP contribution in [-0.4, -0.2) is 37.1 Å². The normalized spacial score (nSPS) is 17.8. The number of nitrogens with zero attached hydrogens (tertiary/aromatic N) is 3. The van der Waals surface area contributed by atoms with Crippen LogP contribution in [0.2, 0.25) is 0 Å². The van der Waals surface area contributed by atoms with E-state index in [1.54, 1.807) is 0 Å². The smallest absolute Gasteiger partial charge is 0.191 e. The maximum atomic E-state index is 4.65. The van der Waals surface area contributed by atoms with Gasteiger partial charge in [0.2, 0.25) is 0 Å². The van der Waals surface area contributed by atoms with E-state index in [-0.39, 0.29) is 24.0 Å². The molecule has 1 aliphatic carbocycles. The molecule has 5 nitrogen and oxygen atoms in total. The molecule has 1 aromatic rings. The molecule has 0 amide bonds. The molecule has 2 aliphatic rings. The van der Waals surface area contributed by atoms with E-state index < -0.39 is 0 Å². The van der Waals surface area contributed by atoms with Crippen molar-refractivity contribution in [2.75, 3.05) is 31.1 Å². The van der Waals surface area contributed by atoms with Crippen LogP contribution < -0.4 is 15.5 Å². The molecule has 1 saturated carbocycles. The summed E-state index contributed by atoms with van der Waals surface area (Å²) in [5.74, 6) is 2.87. The van der Waals surface area contributed by atoms with Gasteiger partial charge in [0.15, 0.2) is 5.96 Å². The summed E-state index contributed by atoms with van der Waals surface area (Å²) >= 11 is 0. The van der Waals surface area contributed by atoms with E-state index in [0.717, 1.165) is 49.4 Å². The van der Waals surface area contributed by atoms with Gasteiger partial charge in [-0.3, -0.25) is 0 Å². The van der Waals surface area contributed by atoms with Crippen LogP contribution in [0.5, 0.6) is 0 Å². The van der Waals surface area contributed by atoms with Crippen LogP contribution in [0, 0.1) is 5.92 Å². The summed E-state index contributed by atoms with van der Waals surface area (Å²) < 4.78 is 0. The minimum absolute atomic E-state index is 0. The first kappa shape index (κ1) is 18.3. The van der Waals surface area contributed by atoms with Gasteiger partial charge in [-0.2, -0.15) is 0 Å². The number of pyridine rings is 1. The Hall–Kier alpha value is -1.05. The molecule has 0 spiro atoms. The molecule has 1 aromatic heterocycles. The number of aromatic nitrogens is 1. The van der Waals surface area contributed by atoms with Gasteiger partial charge >= 0.3 is 0 Å². The van der Waals surface area contributed by atoms with Crippen LogP contribution in [0.1, 0.15) is 38.2 Å². The minimum Gasteiger partial charge on any atom is -0.357 e. The van der Waals surface area contributed by atoms with Crippen molar-refractivity contribution in [3.8, 4) is 0 Å². The lowest BCUT2D eigenvalue weighted by Crippen LogP contribution is -2.38. The third-order valence-electron chi connectivity index (χ3n) is 4.26. The van der Waals surface area contributed by atoms with E-state index in [2.05, 4.69) is 44.6 Å². The summed E-state index contributed by atoms with van der Waals surface area (Å²) in [5, 5.41) is 6.72. The molecule has 0 bridgehead atoms. The average Bonchev–Trinajstić information content (AvgIpc) is 3.22. The molecule has 128 valence electrons. The number of hydrogen-bond donors (Lipinski definition) is 2. The molecule has 1 aliphatic heterocycles. The Kier molecular flexibility index (Phi) is 7.39. The highest BCUT2D eigenvalue weighted by atomic mass is 127. The molecule has 2 N–H and O–H groups in total. The fraction of sp³-hybridized carbons (Fsp3) is 0.647. The zero-order chi connectivity index (χ0) is 15.2. The molecule has 2 fully saturated rings. The lowest BCUT2D eigenvalue weighted by Gasteiger charge is -2.16. The van der Waals surface area contributed by atoms with Crippen LogP contribution in [0.15, 0.2) is 23.3 Å². The van der Waals surface area contributed by atoms with Crippen molar-refractivity contribution in [3.05, 3.63) is 23.9 Å². The molecule has 0 unspecified atom stereocenters. The minimum atomic E-state index is 0. The molecule has 23 heavy (non-hydrogen) atoms. The first-order chi connectivity index (χ1) is 10.8. The van der Waals surface area contributed by atoms with Gasteiger partial charge in [-0.25, -0.2) is 9.98 Å². The number of aliphatic imine (C=N–C) groups is 1. The Morgan fingerprint density at radius 3 is 2.65 bits per heavy atom. The highest BCUT2D eigenvalue weighted by Gasteiger charge is 2.21. The van der Waals surface area contributed by atoms with Gasteiger partial charge in [-0.05, 0) is 50.2 Å². The van der Waals surface area contributed by atoms with E-state index in [9.17, 15) is 0 Å². The Morgan fingerprint density at radius 2 is 2.04 bits per heavy atom. The zero-order valence-corrected chi connectivity index (χ0v) is 16.3. The summed E-state index contributed by atoms with van der Waals surface area (Å²) in [6.07, 6.45) is 7.24. The van der Waals surface area contributed by atoms with Crippen LogP contribution in [0.25, 0.3) is 0 Å². The molecule has 0 atom stereocenters. The Morgan fingerprint density at radius 1 is 1.26 bits per heavy atom. The lowest BCUT2D eigenvalue weighted by molar-refractivity contribution is 0.739. The molecule has 1 saturated heterocycles. The van der Waals surface area contributed by atoms with Gasteiger partial charge in [0.05, 0.1) is 6.54 Å². The Bertz CT molecular complexity index is 492. The van der Waals surface area contributed by atoms with E-state index in [0.29, 0.717) is 6.54 Å². The SMILES string of the molecule is CCNC(=NCc1ccc(N2CCCC2)nc1)NCC1CC1.I. The standard InChI is InChI=1S/C17H27N5.HI/c1-2-18-17(20-11-14-5-6-14)21-13-15-7-8-16(19-12-15)22-9-3-4-10-22;/h7-8,12,14H,2-6,9-11,13H2,1H3,(H2,18,20,21);1H. The number of rotatable bonds is 6. The maximum absolute atomic E-state index is 4.65. The molecular formula is C17H28IN5. The first-order valence-electron chi connectivity index (χ1n) is 8.57. The second-order valence-electron chi connectivity index (χ2n) is 6.24. The van der Waals surface area contributed by atoms with Crippen molar-refractivity contribution >= 4 is 35.8 Å². The maximum Gasteiger partial charge on any atom is 0.191 e. The summed E-state index contributed by atoms with van der Waals surface area (Å²) in [4.78, 5) is 11.6. The second-order valence-corrected chi connectivity index (χ2v) is 6.24. The highest BCUT2D eigenvalue weighted by molar-refractivity contribution is 14.0. The van der Waals surface area contributed by atoms with Crippen molar-refractivity contribution < 1.29 is 0 Å². The fourth-order valence-corrected chi connectivity index (χ4v) is 2.72. The Balaban J connectivity index is 0.00000192. The second kappa shape index (κ2) is 9.30. The average molecular weight is 429 g/mol. The van der Waals surface area contributed by atoms with Crippen LogP contribution in [0.4, 0.5) is 5.82 Å². The number of halogens is 1. The number of hydrogen-bond acceptors (Lipinski definition) is 3. The largest absolute Gasteiger partial charge is 0.357 e. The quantitative estimate of drug-likeness (QED) is 0.415. The van der Waals surface area contributed by atoms with E-state index in [1.807, 2.05) is 6.20 Å². The summed E-state index contributed by atoms with van der Waals surface area (Å²) in [6, 6.07) is 4.27. The van der Waals surface area contributed by atoms with Crippen molar-refractivity contribution in [1.82, 2.24) is 15.6 Å². The predicted molar refractivity (Wildman–Crippen MR) is 107 cm³/mol. The Labute approximate surface area is 156 Å². The fourth-order valence-electron chi connectivity index (χ4n) is 2.72. The summed E-state index contributed by atoms with van der Waals surface area (Å²) in [7, 11) is 0. The highest BCUT2D eigenvalue weighted by Crippen LogP contribution is 2.27. The van der Waals surface area contributed by atoms with Crippen molar-refractivity contribution in [2.45, 2.75) is 39.2 Å². The molecule has 0 aromatic carbocycles. The van der Waals surface area contributed by atoms with Gasteiger partial charge in [0.25, 0.3) is 0 Å². The van der Waals surface area contributed by atoms with Gasteiger partial charge in [-0.15, -0.1) is 24.0 Å². The number of guanidine groups is 1. The molecular weight excluding hydrogens is 401 g/mol. The summed E-state index contributed by atoms with van der Waals surface area (Å²) in [6.45, 7) is 6.98. The molecule has 2 heterocycles. The van der Waals surface area contributed by atoms with Gasteiger partial charge in [-0.1, -0.05) is 6.07 Å². The van der Waals surface area contributed by atoms with Gasteiger partial charge < -0.3 is 15.5 Å². The monoisotopic (exact) mass is 429 g/mol. The van der Waals surface area contributed by atoms with Crippen LogP contribution in [0.3, 0.4) is 0 Å². The lowest BCUT2D eigenvalue weighted by atomic mass is 10.3. The van der Waals surface area contributed by atoms with E-state index >= 15 is 0 Å². The van der Waals surface area contributed by atoms with Crippen LogP contribution >= 0.6 is 24.0 Å². The van der Waals surface area contributed by atoms with Crippen molar-refractivity contribution in [3.63, 3.8) is 0 Å². The van der Waals surface area contributed by atoms with Gasteiger partial charge in [0, 0.05) is 32.4 Å². The summed E-state index contributed by atoms with van der Waals surface area (Å²) in [5.41, 5.74) is 1.16. The van der Waals surface area contributed by atoms with Crippen molar-refractivity contribution in [1.29, 1.82) is 0 Å². The molecule has 3 rings (SSSR count). The number of anilines is 1. The first-order valence-corrected chi connectivity index (χ1v) is 8.57. The predicted octanol–water partition coefficient (Wildman–Crippen LogP) is 2.76. The third kappa shape index (κ3) is 5.82. The van der Waals surface area contributed by atoms with Gasteiger partial charge in [0.1, 0.15) is 5.82 Å². The molecule has 0 radical (unpaired) electrons. The van der Waals surface area contributed by atoms with Crippen LogP contribution in [-0.2, 0) is 6.54 Å². The topological polar surface area (TPSA) is 52.6 Å².